The molecule has 1 amide bonds. The van der Waals surface area contributed by atoms with Crippen molar-refractivity contribution >= 4 is 34.8 Å². The lowest BCUT2D eigenvalue weighted by Crippen LogP contribution is -2.41. The van der Waals surface area contributed by atoms with E-state index in [0.29, 0.717) is 34.2 Å². The molecule has 2 aliphatic carbocycles. The van der Waals surface area contributed by atoms with E-state index in [4.69, 9.17) is 23.2 Å². The lowest BCUT2D eigenvalue weighted by Gasteiger charge is -2.36. The zero-order chi connectivity index (χ0) is 17.1. The summed E-state index contributed by atoms with van der Waals surface area (Å²) in [6.07, 6.45) is 8.23. The van der Waals surface area contributed by atoms with E-state index in [1.165, 1.54) is 38.5 Å². The number of carbonyl (C=O) groups is 1. The van der Waals surface area contributed by atoms with Crippen LogP contribution in [0.1, 0.15) is 51.9 Å². The molecule has 2 saturated carbocycles. The number of benzene rings is 1. The Morgan fingerprint density at radius 3 is 2.17 bits per heavy atom. The molecule has 0 aliphatic heterocycles. The first-order valence-electron chi connectivity index (χ1n) is 9.04. The van der Waals surface area contributed by atoms with Crippen molar-refractivity contribution in [2.75, 3.05) is 11.9 Å². The van der Waals surface area contributed by atoms with E-state index in [1.807, 2.05) is 0 Å². The number of amides is 1. The second kappa shape index (κ2) is 8.07. The zero-order valence-electron chi connectivity index (χ0n) is 14.2. The minimum atomic E-state index is -0.0140. The van der Waals surface area contributed by atoms with Crippen molar-refractivity contribution < 1.29 is 4.79 Å². The molecule has 1 N–H and O–H groups in total. The van der Waals surface area contributed by atoms with Crippen LogP contribution in [0.4, 0.5) is 5.69 Å². The van der Waals surface area contributed by atoms with E-state index in [2.05, 4.69) is 17.1 Å². The number of carbonyl (C=O) groups excluding carboxylic acids is 1. The van der Waals surface area contributed by atoms with Gasteiger partial charge in [0.2, 0.25) is 5.91 Å². The Hall–Kier alpha value is -0.770. The topological polar surface area (TPSA) is 32.3 Å². The van der Waals surface area contributed by atoms with Gasteiger partial charge in [-0.15, -0.1) is 0 Å². The standard InChI is InChI=1S/C19H26Cl2N2O/c1-13-5-7-14(8-6-13)23(15-9-10-15)12-11-18(24)22-19-16(20)3-2-4-17(19)21/h2-4,13-15H,5-12H2,1H3,(H,22,24). The van der Waals surface area contributed by atoms with Crippen molar-refractivity contribution in [2.45, 2.75) is 64.0 Å². The van der Waals surface area contributed by atoms with Crippen molar-refractivity contribution in [3.8, 4) is 0 Å². The van der Waals surface area contributed by atoms with Gasteiger partial charge in [-0.25, -0.2) is 0 Å². The molecule has 2 fully saturated rings. The highest BCUT2D eigenvalue weighted by Crippen LogP contribution is 2.35. The van der Waals surface area contributed by atoms with Gasteiger partial charge in [-0.05, 0) is 56.6 Å². The molecule has 1 aromatic carbocycles. The lowest BCUT2D eigenvalue weighted by molar-refractivity contribution is -0.116. The largest absolute Gasteiger partial charge is 0.324 e. The highest BCUT2D eigenvalue weighted by atomic mass is 35.5. The number of nitrogens with zero attached hydrogens (tertiary/aromatic N) is 1. The Kier molecular flexibility index (Phi) is 6.07. The van der Waals surface area contributed by atoms with Gasteiger partial charge in [-0.2, -0.15) is 0 Å². The minimum absolute atomic E-state index is 0.0140. The van der Waals surface area contributed by atoms with Crippen LogP contribution < -0.4 is 5.32 Å². The number of para-hydroxylation sites is 1. The summed E-state index contributed by atoms with van der Waals surface area (Å²) in [5.41, 5.74) is 0.523. The van der Waals surface area contributed by atoms with E-state index < -0.39 is 0 Å². The third-order valence-electron chi connectivity index (χ3n) is 5.29. The molecule has 2 aliphatic rings. The fraction of sp³-hybridized carbons (Fsp3) is 0.632. The molecule has 3 rings (SSSR count). The summed E-state index contributed by atoms with van der Waals surface area (Å²) < 4.78 is 0. The zero-order valence-corrected chi connectivity index (χ0v) is 15.7. The summed E-state index contributed by atoms with van der Waals surface area (Å²) in [7, 11) is 0. The maximum absolute atomic E-state index is 12.3. The fourth-order valence-corrected chi connectivity index (χ4v) is 4.19. The predicted octanol–water partition coefficient (Wildman–Crippen LogP) is 5.37. The van der Waals surface area contributed by atoms with Crippen LogP contribution in [0, 0.1) is 5.92 Å². The molecule has 3 nitrogen and oxygen atoms in total. The molecular weight excluding hydrogens is 343 g/mol. The average Bonchev–Trinajstić information content (AvgIpc) is 3.38. The molecule has 5 heteroatoms. The summed E-state index contributed by atoms with van der Waals surface area (Å²) in [5, 5.41) is 3.84. The summed E-state index contributed by atoms with van der Waals surface area (Å²) >= 11 is 12.2. The molecule has 24 heavy (non-hydrogen) atoms. The summed E-state index contributed by atoms with van der Waals surface area (Å²) in [6, 6.07) is 6.61. The van der Waals surface area contributed by atoms with Gasteiger partial charge in [-0.3, -0.25) is 9.69 Å². The number of halogens is 2. The molecule has 0 heterocycles. The highest BCUT2D eigenvalue weighted by molar-refractivity contribution is 6.39. The number of hydrogen-bond acceptors (Lipinski definition) is 2. The van der Waals surface area contributed by atoms with Crippen molar-refractivity contribution in [1.29, 1.82) is 0 Å². The summed E-state index contributed by atoms with van der Waals surface area (Å²) in [4.78, 5) is 14.9. The van der Waals surface area contributed by atoms with Crippen molar-refractivity contribution in [2.24, 2.45) is 5.92 Å². The molecule has 0 bridgehead atoms. The number of nitrogens with one attached hydrogen (secondary N) is 1. The first kappa shape index (κ1) is 18.0. The van der Waals surface area contributed by atoms with E-state index in [-0.39, 0.29) is 5.91 Å². The Labute approximate surface area is 154 Å². The van der Waals surface area contributed by atoms with E-state index >= 15 is 0 Å². The maximum atomic E-state index is 12.3. The average molecular weight is 369 g/mol. The first-order valence-corrected chi connectivity index (χ1v) is 9.80. The maximum Gasteiger partial charge on any atom is 0.225 e. The first-order chi connectivity index (χ1) is 11.5. The van der Waals surface area contributed by atoms with Crippen LogP contribution in [0.5, 0.6) is 0 Å². The van der Waals surface area contributed by atoms with Crippen LogP contribution in [-0.4, -0.2) is 29.4 Å². The second-order valence-corrected chi connectivity index (χ2v) is 8.09. The molecule has 0 aromatic heterocycles. The lowest BCUT2D eigenvalue weighted by atomic mass is 9.86. The van der Waals surface area contributed by atoms with Gasteiger partial charge in [0.25, 0.3) is 0 Å². The Balaban J connectivity index is 1.54. The Morgan fingerprint density at radius 1 is 1.08 bits per heavy atom. The van der Waals surface area contributed by atoms with Crippen molar-refractivity contribution in [3.63, 3.8) is 0 Å². The smallest absolute Gasteiger partial charge is 0.225 e. The highest BCUT2D eigenvalue weighted by Gasteiger charge is 2.35. The third kappa shape index (κ3) is 4.65. The van der Waals surface area contributed by atoms with Crippen LogP contribution in [0.3, 0.4) is 0 Å². The molecular formula is C19H26Cl2N2O. The third-order valence-corrected chi connectivity index (χ3v) is 5.92. The molecule has 0 unspecified atom stereocenters. The SMILES string of the molecule is CC1CCC(N(CCC(=O)Nc2c(Cl)cccc2Cl)C2CC2)CC1. The van der Waals surface area contributed by atoms with Gasteiger partial charge in [0.1, 0.15) is 0 Å². The van der Waals surface area contributed by atoms with Crippen molar-refractivity contribution in [3.05, 3.63) is 28.2 Å². The minimum Gasteiger partial charge on any atom is -0.324 e. The summed E-state index contributed by atoms with van der Waals surface area (Å²) in [5.74, 6) is 0.841. The molecule has 0 saturated heterocycles. The number of hydrogen-bond donors (Lipinski definition) is 1. The van der Waals surface area contributed by atoms with Gasteiger partial charge < -0.3 is 5.32 Å². The molecule has 1 aromatic rings. The monoisotopic (exact) mass is 368 g/mol. The number of rotatable bonds is 6. The van der Waals surface area contributed by atoms with Gasteiger partial charge in [0, 0.05) is 25.0 Å². The van der Waals surface area contributed by atoms with Crippen LogP contribution >= 0.6 is 23.2 Å². The van der Waals surface area contributed by atoms with E-state index in [0.717, 1.165) is 12.5 Å². The number of anilines is 1. The molecule has 132 valence electrons. The fourth-order valence-electron chi connectivity index (χ4n) is 3.69. The van der Waals surface area contributed by atoms with Crippen LogP contribution in [0.25, 0.3) is 0 Å². The van der Waals surface area contributed by atoms with Crippen LogP contribution in [-0.2, 0) is 4.79 Å². The van der Waals surface area contributed by atoms with Gasteiger partial charge in [0.05, 0.1) is 15.7 Å². The predicted molar refractivity (Wildman–Crippen MR) is 101 cm³/mol. The van der Waals surface area contributed by atoms with Crippen LogP contribution in [0.2, 0.25) is 10.0 Å². The Morgan fingerprint density at radius 2 is 1.62 bits per heavy atom. The van der Waals surface area contributed by atoms with Crippen molar-refractivity contribution in [1.82, 2.24) is 4.90 Å². The van der Waals surface area contributed by atoms with Gasteiger partial charge in [-0.1, -0.05) is 36.2 Å². The molecule has 0 radical (unpaired) electrons. The quantitative estimate of drug-likeness (QED) is 0.732. The van der Waals surface area contributed by atoms with E-state index in [9.17, 15) is 4.79 Å². The second-order valence-electron chi connectivity index (χ2n) is 7.28. The van der Waals surface area contributed by atoms with Crippen LogP contribution in [0.15, 0.2) is 18.2 Å². The summed E-state index contributed by atoms with van der Waals surface area (Å²) in [6.45, 7) is 3.18. The Bertz CT molecular complexity index is 560. The van der Waals surface area contributed by atoms with Gasteiger partial charge >= 0.3 is 0 Å². The molecule has 0 atom stereocenters. The van der Waals surface area contributed by atoms with Gasteiger partial charge in [0.15, 0.2) is 0 Å². The molecule has 0 spiro atoms. The van der Waals surface area contributed by atoms with E-state index in [1.54, 1.807) is 18.2 Å². The normalized spacial score (nSPS) is 24.2.